The van der Waals surface area contributed by atoms with Gasteiger partial charge in [-0.25, -0.2) is 4.39 Å². The number of rotatable bonds is 6. The minimum absolute atomic E-state index is 0.171. The van der Waals surface area contributed by atoms with Gasteiger partial charge < -0.3 is 10.1 Å². The summed E-state index contributed by atoms with van der Waals surface area (Å²) >= 11 is 7.12. The second-order valence-corrected chi connectivity index (χ2v) is 8.13. The first-order valence-electron chi connectivity index (χ1n) is 8.59. The van der Waals surface area contributed by atoms with E-state index in [0.717, 1.165) is 20.2 Å². The highest BCUT2D eigenvalue weighted by Crippen LogP contribution is 2.35. The highest BCUT2D eigenvalue weighted by molar-refractivity contribution is 9.11. The summed E-state index contributed by atoms with van der Waals surface area (Å²) in [6.45, 7) is 5.07. The van der Waals surface area contributed by atoms with Gasteiger partial charge in [-0.3, -0.25) is 0 Å². The Labute approximate surface area is 176 Å². The molecule has 3 aromatic rings. The molecule has 0 unspecified atom stereocenters. The fourth-order valence-corrected chi connectivity index (χ4v) is 4.18. The van der Waals surface area contributed by atoms with Crippen molar-refractivity contribution in [1.29, 1.82) is 0 Å². The Bertz CT molecular complexity index is 936. The Morgan fingerprint density at radius 1 is 0.926 bits per heavy atom. The molecule has 0 amide bonds. The number of aryl methyl sites for hydroxylation is 2. The standard InChI is InChI=1S/C22H20Br2FNO/c1-14-7-8-18(9-15(14)2)26-12-16-10-19(23)22(20(24)11-16)27-13-17-5-3-4-6-21(17)25/h3-11,26H,12-13H2,1-2H3. The lowest BCUT2D eigenvalue weighted by Crippen LogP contribution is -2.02. The predicted molar refractivity (Wildman–Crippen MR) is 116 cm³/mol. The smallest absolute Gasteiger partial charge is 0.148 e. The van der Waals surface area contributed by atoms with Gasteiger partial charge in [-0.2, -0.15) is 0 Å². The molecule has 3 rings (SSSR count). The summed E-state index contributed by atoms with van der Waals surface area (Å²) in [5.74, 6) is 0.395. The van der Waals surface area contributed by atoms with E-state index >= 15 is 0 Å². The number of benzene rings is 3. The summed E-state index contributed by atoms with van der Waals surface area (Å²) in [5, 5.41) is 3.44. The Kier molecular flexibility index (Phi) is 6.55. The van der Waals surface area contributed by atoms with Crippen molar-refractivity contribution < 1.29 is 9.13 Å². The van der Waals surface area contributed by atoms with Gasteiger partial charge in [0, 0.05) is 17.8 Å². The maximum atomic E-state index is 13.8. The molecule has 140 valence electrons. The van der Waals surface area contributed by atoms with E-state index < -0.39 is 0 Å². The Morgan fingerprint density at radius 3 is 2.30 bits per heavy atom. The van der Waals surface area contributed by atoms with Crippen LogP contribution in [0.5, 0.6) is 5.75 Å². The van der Waals surface area contributed by atoms with E-state index in [0.29, 0.717) is 17.9 Å². The van der Waals surface area contributed by atoms with Gasteiger partial charge in [0.05, 0.1) is 8.95 Å². The summed E-state index contributed by atoms with van der Waals surface area (Å²) in [7, 11) is 0. The molecule has 1 N–H and O–H groups in total. The molecular formula is C22H20Br2FNO. The largest absolute Gasteiger partial charge is 0.486 e. The van der Waals surface area contributed by atoms with E-state index in [1.54, 1.807) is 18.2 Å². The molecule has 0 aliphatic heterocycles. The molecule has 0 atom stereocenters. The number of halogens is 3. The number of anilines is 1. The van der Waals surface area contributed by atoms with Crippen LogP contribution in [0.15, 0.2) is 63.5 Å². The van der Waals surface area contributed by atoms with Gasteiger partial charge in [-0.05, 0) is 92.7 Å². The number of hydrogen-bond acceptors (Lipinski definition) is 2. The fourth-order valence-electron chi connectivity index (χ4n) is 2.67. The van der Waals surface area contributed by atoms with Crippen LogP contribution in [-0.4, -0.2) is 0 Å². The second kappa shape index (κ2) is 8.89. The van der Waals surface area contributed by atoms with E-state index in [-0.39, 0.29) is 12.4 Å². The third kappa shape index (κ3) is 5.11. The summed E-state index contributed by atoms with van der Waals surface area (Å²) < 4.78 is 21.2. The Balaban J connectivity index is 1.68. The zero-order chi connectivity index (χ0) is 19.4. The first kappa shape index (κ1) is 19.9. The van der Waals surface area contributed by atoms with Crippen molar-refractivity contribution in [2.24, 2.45) is 0 Å². The van der Waals surface area contributed by atoms with Crippen molar-refractivity contribution in [1.82, 2.24) is 0 Å². The van der Waals surface area contributed by atoms with E-state index in [9.17, 15) is 4.39 Å². The molecule has 0 aromatic heterocycles. The van der Waals surface area contributed by atoms with Crippen LogP contribution in [0.3, 0.4) is 0 Å². The van der Waals surface area contributed by atoms with Crippen LogP contribution in [0.4, 0.5) is 10.1 Å². The molecule has 0 aliphatic carbocycles. The normalized spacial score (nSPS) is 10.7. The Hall–Kier alpha value is -1.85. The fraction of sp³-hybridized carbons (Fsp3) is 0.182. The lowest BCUT2D eigenvalue weighted by molar-refractivity contribution is 0.296. The monoisotopic (exact) mass is 491 g/mol. The van der Waals surface area contributed by atoms with Gasteiger partial charge in [-0.1, -0.05) is 24.3 Å². The maximum Gasteiger partial charge on any atom is 0.148 e. The van der Waals surface area contributed by atoms with Gasteiger partial charge in [0.25, 0.3) is 0 Å². The minimum Gasteiger partial charge on any atom is -0.486 e. The van der Waals surface area contributed by atoms with Crippen LogP contribution >= 0.6 is 31.9 Å². The van der Waals surface area contributed by atoms with Crippen molar-refractivity contribution in [3.05, 3.63) is 91.6 Å². The van der Waals surface area contributed by atoms with E-state index in [2.05, 4.69) is 69.2 Å². The van der Waals surface area contributed by atoms with Gasteiger partial charge in [0.15, 0.2) is 0 Å². The number of hydrogen-bond donors (Lipinski definition) is 1. The third-order valence-corrected chi connectivity index (χ3v) is 5.57. The molecule has 0 radical (unpaired) electrons. The van der Waals surface area contributed by atoms with Crippen LogP contribution in [0.2, 0.25) is 0 Å². The van der Waals surface area contributed by atoms with Gasteiger partial charge in [0.2, 0.25) is 0 Å². The molecule has 5 heteroatoms. The summed E-state index contributed by atoms with van der Waals surface area (Å²) in [6, 6.07) is 17.0. The average Bonchev–Trinajstić information content (AvgIpc) is 2.63. The highest BCUT2D eigenvalue weighted by atomic mass is 79.9. The topological polar surface area (TPSA) is 21.3 Å². The second-order valence-electron chi connectivity index (χ2n) is 6.42. The molecule has 27 heavy (non-hydrogen) atoms. The first-order valence-corrected chi connectivity index (χ1v) is 10.2. The molecule has 0 bridgehead atoms. The molecule has 0 heterocycles. The number of nitrogens with one attached hydrogen (secondary N) is 1. The minimum atomic E-state index is -0.265. The lowest BCUT2D eigenvalue weighted by atomic mass is 10.1. The van der Waals surface area contributed by atoms with E-state index in [4.69, 9.17) is 4.74 Å². The number of ether oxygens (including phenoxy) is 1. The van der Waals surface area contributed by atoms with Crippen molar-refractivity contribution in [2.75, 3.05) is 5.32 Å². The maximum absolute atomic E-state index is 13.8. The molecule has 0 saturated carbocycles. The predicted octanol–water partition coefficient (Wildman–Crippen LogP) is 7.16. The van der Waals surface area contributed by atoms with Gasteiger partial charge >= 0.3 is 0 Å². The third-order valence-electron chi connectivity index (χ3n) is 4.39. The SMILES string of the molecule is Cc1ccc(NCc2cc(Br)c(OCc3ccccc3F)c(Br)c2)cc1C. The molecule has 0 saturated heterocycles. The molecule has 0 aliphatic rings. The molecule has 2 nitrogen and oxygen atoms in total. The van der Waals surface area contributed by atoms with E-state index in [1.807, 2.05) is 12.1 Å². The van der Waals surface area contributed by atoms with Crippen molar-refractivity contribution in [3.8, 4) is 5.75 Å². The van der Waals surface area contributed by atoms with Crippen LogP contribution in [0.25, 0.3) is 0 Å². The van der Waals surface area contributed by atoms with Gasteiger partial charge in [0.1, 0.15) is 18.2 Å². The highest BCUT2D eigenvalue weighted by Gasteiger charge is 2.11. The summed E-state index contributed by atoms with van der Waals surface area (Å²) in [6.07, 6.45) is 0. The zero-order valence-electron chi connectivity index (χ0n) is 15.2. The summed E-state index contributed by atoms with van der Waals surface area (Å²) in [4.78, 5) is 0. The quantitative estimate of drug-likeness (QED) is 0.394. The van der Waals surface area contributed by atoms with Crippen LogP contribution in [0.1, 0.15) is 22.3 Å². The van der Waals surface area contributed by atoms with Crippen molar-refractivity contribution in [3.63, 3.8) is 0 Å². The zero-order valence-corrected chi connectivity index (χ0v) is 18.3. The average molecular weight is 493 g/mol. The van der Waals surface area contributed by atoms with Crippen LogP contribution in [-0.2, 0) is 13.2 Å². The lowest BCUT2D eigenvalue weighted by Gasteiger charge is -2.14. The van der Waals surface area contributed by atoms with Gasteiger partial charge in [-0.15, -0.1) is 0 Å². The molecule has 0 fully saturated rings. The Morgan fingerprint density at radius 2 is 1.63 bits per heavy atom. The van der Waals surface area contributed by atoms with Crippen LogP contribution in [0, 0.1) is 19.7 Å². The molecule has 3 aromatic carbocycles. The van der Waals surface area contributed by atoms with Crippen molar-refractivity contribution in [2.45, 2.75) is 27.0 Å². The van der Waals surface area contributed by atoms with Crippen LogP contribution < -0.4 is 10.1 Å². The molecule has 0 spiro atoms. The molecular weight excluding hydrogens is 473 g/mol. The van der Waals surface area contributed by atoms with Crippen molar-refractivity contribution >= 4 is 37.5 Å². The first-order chi connectivity index (χ1) is 12.9. The van der Waals surface area contributed by atoms with E-state index in [1.165, 1.54) is 17.2 Å². The summed E-state index contributed by atoms with van der Waals surface area (Å²) in [5.41, 5.74) is 5.26.